The van der Waals surface area contributed by atoms with Crippen LogP contribution in [0.25, 0.3) is 16.6 Å². The number of fused-ring (bicyclic) bond motifs is 1. The number of nitrogens with two attached hydrogens (primary N) is 1. The van der Waals surface area contributed by atoms with Crippen molar-refractivity contribution in [2.45, 2.75) is 39.3 Å². The van der Waals surface area contributed by atoms with Crippen LogP contribution < -0.4 is 11.3 Å². The van der Waals surface area contributed by atoms with Crippen LogP contribution in [0.15, 0.2) is 41.2 Å². The van der Waals surface area contributed by atoms with E-state index in [1.807, 2.05) is 6.07 Å². The summed E-state index contributed by atoms with van der Waals surface area (Å²) in [6, 6.07) is 8.63. The first-order valence-electron chi connectivity index (χ1n) is 9.95. The van der Waals surface area contributed by atoms with Gasteiger partial charge in [-0.3, -0.25) is 19.1 Å². The Morgan fingerprint density at radius 3 is 2.48 bits per heavy atom. The van der Waals surface area contributed by atoms with Gasteiger partial charge < -0.3 is 10.8 Å². The summed E-state index contributed by atoms with van der Waals surface area (Å²) >= 11 is 0. The van der Waals surface area contributed by atoms with E-state index in [2.05, 4.69) is 4.98 Å². The number of carboxylic acid groups (broad SMARTS) is 1. The van der Waals surface area contributed by atoms with Gasteiger partial charge in [-0.05, 0) is 58.0 Å². The number of carbonyl (C=O) groups is 2. The Balaban J connectivity index is 2.48. The Labute approximate surface area is 188 Å². The SMILES string of the molecule is C[C@@H](c1nc2c(C#N)cc(F)cc2c(=O)n1-c1cccc(C(N)=O)c1)N(C(=O)O)C(C)(C)C. The third-order valence-corrected chi connectivity index (χ3v) is 5.16. The molecule has 0 bridgehead atoms. The van der Waals surface area contributed by atoms with Crippen molar-refractivity contribution in [3.63, 3.8) is 0 Å². The van der Waals surface area contributed by atoms with Gasteiger partial charge in [0.2, 0.25) is 5.91 Å². The van der Waals surface area contributed by atoms with Crippen LogP contribution in [0.2, 0.25) is 0 Å². The van der Waals surface area contributed by atoms with Crippen LogP contribution in [0.5, 0.6) is 0 Å². The summed E-state index contributed by atoms with van der Waals surface area (Å²) in [6.07, 6.45) is -1.25. The van der Waals surface area contributed by atoms with Crippen molar-refractivity contribution in [2.24, 2.45) is 5.73 Å². The fourth-order valence-corrected chi connectivity index (χ4v) is 3.83. The highest BCUT2D eigenvalue weighted by Crippen LogP contribution is 2.29. The Kier molecular flexibility index (Phi) is 5.92. The van der Waals surface area contributed by atoms with Gasteiger partial charge in [0.25, 0.3) is 5.56 Å². The van der Waals surface area contributed by atoms with Crippen molar-refractivity contribution in [2.75, 3.05) is 0 Å². The van der Waals surface area contributed by atoms with Gasteiger partial charge in [-0.1, -0.05) is 6.07 Å². The molecule has 0 unspecified atom stereocenters. The smallest absolute Gasteiger partial charge is 0.408 e. The minimum absolute atomic E-state index is 0.00504. The van der Waals surface area contributed by atoms with E-state index in [1.165, 1.54) is 24.3 Å². The highest BCUT2D eigenvalue weighted by molar-refractivity contribution is 5.93. The molecule has 1 atom stereocenters. The predicted molar refractivity (Wildman–Crippen MR) is 119 cm³/mol. The molecule has 1 heterocycles. The molecule has 0 aliphatic heterocycles. The molecule has 0 aliphatic rings. The Morgan fingerprint density at radius 2 is 1.94 bits per heavy atom. The van der Waals surface area contributed by atoms with Gasteiger partial charge in [0.1, 0.15) is 17.7 Å². The van der Waals surface area contributed by atoms with E-state index >= 15 is 0 Å². The van der Waals surface area contributed by atoms with Crippen LogP contribution in [-0.2, 0) is 0 Å². The molecule has 3 aromatic rings. The maximum atomic E-state index is 14.1. The Bertz CT molecular complexity index is 1380. The van der Waals surface area contributed by atoms with Crippen LogP contribution in [0.4, 0.5) is 9.18 Å². The number of rotatable bonds is 4. The summed E-state index contributed by atoms with van der Waals surface area (Å²) in [7, 11) is 0. The summed E-state index contributed by atoms with van der Waals surface area (Å²) in [5, 5.41) is 19.2. The second-order valence-electron chi connectivity index (χ2n) is 8.49. The highest BCUT2D eigenvalue weighted by atomic mass is 19.1. The first-order valence-corrected chi connectivity index (χ1v) is 9.95. The molecule has 2 aromatic carbocycles. The number of hydrogen-bond acceptors (Lipinski definition) is 5. The number of primary amides is 1. The van der Waals surface area contributed by atoms with E-state index in [9.17, 15) is 29.1 Å². The van der Waals surface area contributed by atoms with Crippen molar-refractivity contribution < 1.29 is 19.1 Å². The molecule has 33 heavy (non-hydrogen) atoms. The summed E-state index contributed by atoms with van der Waals surface area (Å²) in [5.74, 6) is -1.53. The standard InChI is InChI=1S/C23H22FN5O4/c1-12(29(22(32)33)23(2,3)4)20-27-18-14(11-25)8-15(24)10-17(18)21(31)28(20)16-7-5-6-13(9-16)19(26)30/h5-10,12H,1-4H3,(H2,26,30)(H,32,33)/t12-/m0/s1. The van der Waals surface area contributed by atoms with E-state index in [0.29, 0.717) is 0 Å². The molecule has 0 saturated heterocycles. The maximum Gasteiger partial charge on any atom is 0.408 e. The van der Waals surface area contributed by atoms with Gasteiger partial charge in [-0.2, -0.15) is 5.26 Å². The van der Waals surface area contributed by atoms with Crippen LogP contribution in [-0.4, -0.2) is 37.1 Å². The van der Waals surface area contributed by atoms with Gasteiger partial charge in [-0.25, -0.2) is 14.2 Å². The van der Waals surface area contributed by atoms with Crippen molar-refractivity contribution in [1.82, 2.24) is 14.5 Å². The Hall–Kier alpha value is -4.26. The monoisotopic (exact) mass is 451 g/mol. The summed E-state index contributed by atoms with van der Waals surface area (Å²) in [6.45, 7) is 6.61. The third-order valence-electron chi connectivity index (χ3n) is 5.16. The molecule has 0 fully saturated rings. The molecule has 0 saturated carbocycles. The van der Waals surface area contributed by atoms with Gasteiger partial charge in [0, 0.05) is 11.1 Å². The number of nitrogens with zero attached hydrogens (tertiary/aromatic N) is 4. The molecular formula is C23H22FN5O4. The molecule has 1 aromatic heterocycles. The molecule has 2 amide bonds. The number of amides is 2. The molecule has 0 spiro atoms. The van der Waals surface area contributed by atoms with Crippen molar-refractivity contribution in [1.29, 1.82) is 5.26 Å². The minimum Gasteiger partial charge on any atom is -0.465 e. The van der Waals surface area contributed by atoms with Crippen LogP contribution in [0.1, 0.15) is 55.5 Å². The van der Waals surface area contributed by atoms with E-state index in [-0.39, 0.29) is 33.5 Å². The molecule has 9 nitrogen and oxygen atoms in total. The highest BCUT2D eigenvalue weighted by Gasteiger charge is 2.35. The molecule has 3 N–H and O–H groups in total. The summed E-state index contributed by atoms with van der Waals surface area (Å²) < 4.78 is 15.3. The average Bonchev–Trinajstić information content (AvgIpc) is 2.72. The largest absolute Gasteiger partial charge is 0.465 e. The zero-order chi connectivity index (χ0) is 24.7. The van der Waals surface area contributed by atoms with E-state index in [4.69, 9.17) is 5.73 Å². The van der Waals surface area contributed by atoms with Crippen LogP contribution in [0.3, 0.4) is 0 Å². The minimum atomic E-state index is -1.25. The Morgan fingerprint density at radius 1 is 1.27 bits per heavy atom. The fraction of sp³-hybridized carbons (Fsp3) is 0.261. The molecule has 170 valence electrons. The number of aromatic nitrogens is 2. The molecular weight excluding hydrogens is 429 g/mol. The molecule has 0 aliphatic carbocycles. The molecule has 0 radical (unpaired) electrons. The first kappa shape index (κ1) is 23.4. The second-order valence-corrected chi connectivity index (χ2v) is 8.49. The lowest BCUT2D eigenvalue weighted by Gasteiger charge is -2.38. The fourth-order valence-electron chi connectivity index (χ4n) is 3.83. The maximum absolute atomic E-state index is 14.1. The van der Waals surface area contributed by atoms with Crippen molar-refractivity contribution >= 4 is 22.9 Å². The zero-order valence-corrected chi connectivity index (χ0v) is 18.5. The number of halogens is 1. The number of carbonyl (C=O) groups excluding carboxylic acids is 1. The predicted octanol–water partition coefficient (Wildman–Crippen LogP) is 3.33. The van der Waals surface area contributed by atoms with Crippen LogP contribution >= 0.6 is 0 Å². The number of benzene rings is 2. The zero-order valence-electron chi connectivity index (χ0n) is 18.5. The average molecular weight is 451 g/mol. The number of nitriles is 1. The molecule has 10 heteroatoms. The lowest BCUT2D eigenvalue weighted by Crippen LogP contribution is -2.47. The lowest BCUT2D eigenvalue weighted by atomic mass is 10.0. The topological polar surface area (TPSA) is 142 Å². The normalized spacial score (nSPS) is 12.2. The number of hydrogen-bond donors (Lipinski definition) is 2. The van der Waals surface area contributed by atoms with Crippen LogP contribution in [0, 0.1) is 17.1 Å². The summed E-state index contributed by atoms with van der Waals surface area (Å²) in [5.41, 5.74) is 3.87. The van der Waals surface area contributed by atoms with Gasteiger partial charge in [0.05, 0.1) is 28.2 Å². The van der Waals surface area contributed by atoms with E-state index in [1.54, 1.807) is 27.7 Å². The first-order chi connectivity index (χ1) is 15.4. The van der Waals surface area contributed by atoms with Gasteiger partial charge in [-0.15, -0.1) is 0 Å². The quantitative estimate of drug-likeness (QED) is 0.623. The lowest BCUT2D eigenvalue weighted by molar-refractivity contribution is 0.0719. The molecule has 3 rings (SSSR count). The van der Waals surface area contributed by atoms with E-state index < -0.39 is 35.0 Å². The van der Waals surface area contributed by atoms with Gasteiger partial charge in [0.15, 0.2) is 0 Å². The third kappa shape index (κ3) is 4.25. The summed E-state index contributed by atoms with van der Waals surface area (Å²) in [4.78, 5) is 43.0. The van der Waals surface area contributed by atoms with Gasteiger partial charge >= 0.3 is 6.09 Å². The van der Waals surface area contributed by atoms with Crippen molar-refractivity contribution in [3.8, 4) is 11.8 Å². The second kappa shape index (κ2) is 8.35. The van der Waals surface area contributed by atoms with Crippen molar-refractivity contribution in [3.05, 3.63) is 69.5 Å². The van der Waals surface area contributed by atoms with E-state index in [0.717, 1.165) is 21.6 Å².